The van der Waals surface area contributed by atoms with E-state index in [1.54, 1.807) is 5.38 Å². The number of thiazole rings is 1. The second kappa shape index (κ2) is 3.03. The molecular formula is C9H11N3O2S. The summed E-state index contributed by atoms with van der Waals surface area (Å²) in [6, 6.07) is 0. The summed E-state index contributed by atoms with van der Waals surface area (Å²) in [5.74, 6) is -0.316. The predicted octanol–water partition coefficient (Wildman–Crippen LogP) is 1.79. The van der Waals surface area contributed by atoms with Crippen LogP contribution in [0, 0.1) is 0 Å². The third-order valence-electron chi connectivity index (χ3n) is 1.97. The molecule has 2 aromatic rings. The van der Waals surface area contributed by atoms with Crippen LogP contribution in [0.5, 0.6) is 0 Å². The molecular weight excluding hydrogens is 214 g/mol. The number of rotatable bonds is 1. The Morgan fingerprint density at radius 3 is 2.73 bits per heavy atom. The SMILES string of the molecule is CC(C)(C)c1nc2scc(C(=O)O)n2n1. The predicted molar refractivity (Wildman–Crippen MR) is 56.5 cm³/mol. The highest BCUT2D eigenvalue weighted by molar-refractivity contribution is 7.15. The van der Waals surface area contributed by atoms with Crippen LogP contribution in [0.15, 0.2) is 5.38 Å². The minimum Gasteiger partial charge on any atom is -0.476 e. The van der Waals surface area contributed by atoms with Gasteiger partial charge in [-0.25, -0.2) is 9.78 Å². The Morgan fingerprint density at radius 2 is 2.20 bits per heavy atom. The molecule has 80 valence electrons. The molecule has 0 saturated carbocycles. The summed E-state index contributed by atoms with van der Waals surface area (Å²) in [6.07, 6.45) is 0. The van der Waals surface area contributed by atoms with E-state index in [2.05, 4.69) is 10.1 Å². The average molecular weight is 225 g/mol. The van der Waals surface area contributed by atoms with Gasteiger partial charge in [0.1, 0.15) is 0 Å². The fourth-order valence-electron chi connectivity index (χ4n) is 1.15. The number of carboxylic acid groups (broad SMARTS) is 1. The molecule has 15 heavy (non-hydrogen) atoms. The molecule has 1 N–H and O–H groups in total. The van der Waals surface area contributed by atoms with E-state index in [1.807, 2.05) is 20.8 Å². The molecule has 0 unspecified atom stereocenters. The van der Waals surface area contributed by atoms with Gasteiger partial charge in [-0.3, -0.25) is 0 Å². The quantitative estimate of drug-likeness (QED) is 0.803. The van der Waals surface area contributed by atoms with Gasteiger partial charge in [-0.1, -0.05) is 20.8 Å². The minimum absolute atomic E-state index is 0.165. The fourth-order valence-corrected chi connectivity index (χ4v) is 1.94. The van der Waals surface area contributed by atoms with Gasteiger partial charge in [0.2, 0.25) is 4.96 Å². The topological polar surface area (TPSA) is 67.5 Å². The van der Waals surface area contributed by atoms with E-state index in [0.29, 0.717) is 10.8 Å². The number of hydrogen-bond donors (Lipinski definition) is 1. The number of fused-ring (bicyclic) bond motifs is 1. The number of hydrogen-bond acceptors (Lipinski definition) is 4. The van der Waals surface area contributed by atoms with Gasteiger partial charge in [0.05, 0.1) is 0 Å². The second-order valence-electron chi connectivity index (χ2n) is 4.31. The zero-order valence-electron chi connectivity index (χ0n) is 8.68. The first-order valence-electron chi connectivity index (χ1n) is 4.47. The number of carbonyl (C=O) groups is 1. The van der Waals surface area contributed by atoms with Gasteiger partial charge in [0, 0.05) is 10.8 Å². The van der Waals surface area contributed by atoms with Crippen LogP contribution in [0.1, 0.15) is 37.1 Å². The van der Waals surface area contributed by atoms with E-state index in [0.717, 1.165) is 0 Å². The van der Waals surface area contributed by atoms with Crippen LogP contribution in [0.25, 0.3) is 4.96 Å². The van der Waals surface area contributed by atoms with Crippen LogP contribution >= 0.6 is 11.3 Å². The Kier molecular flexibility index (Phi) is 2.04. The van der Waals surface area contributed by atoms with Crippen molar-refractivity contribution in [1.82, 2.24) is 14.6 Å². The summed E-state index contributed by atoms with van der Waals surface area (Å²) in [5, 5.41) is 14.6. The van der Waals surface area contributed by atoms with Crippen molar-refractivity contribution in [3.05, 3.63) is 16.9 Å². The third kappa shape index (κ3) is 1.61. The molecule has 2 heterocycles. The first-order chi connectivity index (χ1) is 6.89. The summed E-state index contributed by atoms with van der Waals surface area (Å²) in [4.78, 5) is 15.8. The van der Waals surface area contributed by atoms with E-state index in [4.69, 9.17) is 5.11 Å². The Morgan fingerprint density at radius 1 is 1.53 bits per heavy atom. The summed E-state index contributed by atoms with van der Waals surface area (Å²) >= 11 is 1.29. The molecule has 0 aliphatic heterocycles. The van der Waals surface area contributed by atoms with Crippen LogP contribution in [0.2, 0.25) is 0 Å². The summed E-state index contributed by atoms with van der Waals surface area (Å²) < 4.78 is 1.38. The number of aromatic carboxylic acids is 1. The summed E-state index contributed by atoms with van der Waals surface area (Å²) in [7, 11) is 0. The largest absolute Gasteiger partial charge is 0.476 e. The van der Waals surface area contributed by atoms with Gasteiger partial charge in [0.25, 0.3) is 0 Å². The van der Waals surface area contributed by atoms with Crippen LogP contribution in [0.3, 0.4) is 0 Å². The van der Waals surface area contributed by atoms with Crippen LogP contribution in [0.4, 0.5) is 0 Å². The zero-order chi connectivity index (χ0) is 11.2. The van der Waals surface area contributed by atoms with Crippen molar-refractivity contribution in [3.8, 4) is 0 Å². The lowest BCUT2D eigenvalue weighted by Gasteiger charge is -2.11. The first-order valence-corrected chi connectivity index (χ1v) is 5.35. The second-order valence-corrected chi connectivity index (χ2v) is 5.14. The zero-order valence-corrected chi connectivity index (χ0v) is 9.50. The number of carboxylic acids is 1. The van der Waals surface area contributed by atoms with Crippen molar-refractivity contribution in [2.75, 3.05) is 0 Å². The van der Waals surface area contributed by atoms with Crippen LogP contribution in [-0.4, -0.2) is 25.7 Å². The van der Waals surface area contributed by atoms with E-state index < -0.39 is 5.97 Å². The Hall–Kier alpha value is -1.43. The molecule has 5 nitrogen and oxygen atoms in total. The van der Waals surface area contributed by atoms with Crippen molar-refractivity contribution in [3.63, 3.8) is 0 Å². The van der Waals surface area contributed by atoms with Crippen molar-refractivity contribution < 1.29 is 9.90 Å². The third-order valence-corrected chi connectivity index (χ3v) is 2.79. The Labute approximate surface area is 90.4 Å². The maximum atomic E-state index is 10.9. The van der Waals surface area contributed by atoms with E-state index in [9.17, 15) is 4.79 Å². The minimum atomic E-state index is -0.980. The average Bonchev–Trinajstić information content (AvgIpc) is 2.56. The Balaban J connectivity index is 2.62. The van der Waals surface area contributed by atoms with Gasteiger partial charge in [-0.05, 0) is 0 Å². The van der Waals surface area contributed by atoms with E-state index in [1.165, 1.54) is 15.9 Å². The smallest absolute Gasteiger partial charge is 0.355 e. The molecule has 0 bridgehead atoms. The maximum absolute atomic E-state index is 10.9. The standard InChI is InChI=1S/C9H11N3O2S/c1-9(2,3)7-10-8-12(11-7)5(4-15-8)6(13)14/h4H,1-3H3,(H,13,14). The van der Waals surface area contributed by atoms with Gasteiger partial charge in [-0.2, -0.15) is 4.52 Å². The van der Waals surface area contributed by atoms with Gasteiger partial charge >= 0.3 is 5.97 Å². The molecule has 0 aliphatic rings. The summed E-state index contributed by atoms with van der Waals surface area (Å²) in [5.41, 5.74) is -0.000351. The number of aromatic nitrogens is 3. The van der Waals surface area contributed by atoms with Gasteiger partial charge < -0.3 is 5.11 Å². The molecule has 0 aromatic carbocycles. The van der Waals surface area contributed by atoms with Crippen LogP contribution in [-0.2, 0) is 5.41 Å². The molecule has 0 spiro atoms. The van der Waals surface area contributed by atoms with E-state index in [-0.39, 0.29) is 11.1 Å². The lowest BCUT2D eigenvalue weighted by Crippen LogP contribution is -2.14. The van der Waals surface area contributed by atoms with Crippen molar-refractivity contribution >= 4 is 22.3 Å². The highest BCUT2D eigenvalue weighted by atomic mass is 32.1. The molecule has 0 fully saturated rings. The molecule has 6 heteroatoms. The normalized spacial score (nSPS) is 12.2. The molecule has 2 aromatic heterocycles. The van der Waals surface area contributed by atoms with Crippen molar-refractivity contribution in [2.45, 2.75) is 26.2 Å². The molecule has 0 aliphatic carbocycles. The Bertz CT molecular complexity index is 521. The summed E-state index contributed by atoms with van der Waals surface area (Å²) in [6.45, 7) is 5.98. The first kappa shape index (κ1) is 10.1. The number of nitrogens with zero attached hydrogens (tertiary/aromatic N) is 3. The molecule has 0 atom stereocenters. The van der Waals surface area contributed by atoms with E-state index >= 15 is 0 Å². The molecule has 0 amide bonds. The van der Waals surface area contributed by atoms with Gasteiger partial charge in [-0.15, -0.1) is 16.4 Å². The lowest BCUT2D eigenvalue weighted by atomic mass is 9.96. The molecule has 2 rings (SSSR count). The highest BCUT2D eigenvalue weighted by Gasteiger charge is 2.22. The monoisotopic (exact) mass is 225 g/mol. The van der Waals surface area contributed by atoms with Crippen molar-refractivity contribution in [1.29, 1.82) is 0 Å². The van der Waals surface area contributed by atoms with Gasteiger partial charge in [0.15, 0.2) is 11.5 Å². The van der Waals surface area contributed by atoms with Crippen molar-refractivity contribution in [2.24, 2.45) is 0 Å². The maximum Gasteiger partial charge on any atom is 0.355 e. The fraction of sp³-hybridized carbons (Fsp3) is 0.444. The highest BCUT2D eigenvalue weighted by Crippen LogP contribution is 2.22. The van der Waals surface area contributed by atoms with Crippen LogP contribution < -0.4 is 0 Å². The molecule has 0 saturated heterocycles. The lowest BCUT2D eigenvalue weighted by molar-refractivity contribution is 0.0688. The molecule has 0 radical (unpaired) electrons.